The average Bonchev–Trinajstić information content (AvgIpc) is 2.28. The fourth-order valence-electron chi connectivity index (χ4n) is 1.23. The van der Waals surface area contributed by atoms with Crippen molar-refractivity contribution in [3.05, 3.63) is 24.0 Å². The third-order valence-corrected chi connectivity index (χ3v) is 2.05. The highest BCUT2D eigenvalue weighted by atomic mass is 16.5. The summed E-state index contributed by atoms with van der Waals surface area (Å²) < 4.78 is 4.89. The third-order valence-electron chi connectivity index (χ3n) is 2.05. The Hall–Kier alpha value is -1.62. The van der Waals surface area contributed by atoms with Gasteiger partial charge in [0.2, 0.25) is 0 Å². The number of aromatic hydroxyl groups is 1. The van der Waals surface area contributed by atoms with Crippen LogP contribution in [0.2, 0.25) is 0 Å². The Kier molecular flexibility index (Phi) is 5.28. The van der Waals surface area contributed by atoms with Gasteiger partial charge in [-0.3, -0.25) is 9.78 Å². The van der Waals surface area contributed by atoms with Crippen LogP contribution in [0.3, 0.4) is 0 Å². The van der Waals surface area contributed by atoms with Gasteiger partial charge in [0, 0.05) is 26.5 Å². The Morgan fingerprint density at radius 2 is 2.31 bits per heavy atom. The van der Waals surface area contributed by atoms with E-state index in [2.05, 4.69) is 10.3 Å². The lowest BCUT2D eigenvalue weighted by Gasteiger charge is -2.04. The molecule has 5 nitrogen and oxygen atoms in total. The lowest BCUT2D eigenvalue weighted by atomic mass is 10.2. The van der Waals surface area contributed by atoms with E-state index in [1.54, 1.807) is 7.11 Å². The SMILES string of the molecule is COCCCCNC(=O)c1cncc(O)c1. The van der Waals surface area contributed by atoms with Gasteiger partial charge in [-0.2, -0.15) is 0 Å². The van der Waals surface area contributed by atoms with Gasteiger partial charge in [-0.25, -0.2) is 0 Å². The molecular formula is C11H16N2O3. The number of rotatable bonds is 6. The Morgan fingerprint density at radius 3 is 3.00 bits per heavy atom. The molecule has 0 saturated carbocycles. The maximum absolute atomic E-state index is 11.5. The predicted molar refractivity (Wildman–Crippen MR) is 59.3 cm³/mol. The number of ether oxygens (including phenoxy) is 1. The molecule has 0 aromatic carbocycles. The van der Waals surface area contributed by atoms with Gasteiger partial charge in [0.25, 0.3) is 5.91 Å². The highest BCUT2D eigenvalue weighted by Crippen LogP contribution is 2.07. The van der Waals surface area contributed by atoms with Gasteiger partial charge in [0.15, 0.2) is 0 Å². The van der Waals surface area contributed by atoms with Crippen LogP contribution in [0.1, 0.15) is 23.2 Å². The zero-order valence-corrected chi connectivity index (χ0v) is 9.27. The van der Waals surface area contributed by atoms with Crippen molar-refractivity contribution in [3.63, 3.8) is 0 Å². The van der Waals surface area contributed by atoms with E-state index in [9.17, 15) is 4.79 Å². The smallest absolute Gasteiger partial charge is 0.252 e. The van der Waals surface area contributed by atoms with E-state index in [0.717, 1.165) is 12.8 Å². The van der Waals surface area contributed by atoms with Gasteiger partial charge >= 0.3 is 0 Å². The van der Waals surface area contributed by atoms with Gasteiger partial charge < -0.3 is 15.2 Å². The Bertz CT molecular complexity index is 342. The van der Waals surface area contributed by atoms with E-state index in [1.807, 2.05) is 0 Å². The maximum Gasteiger partial charge on any atom is 0.252 e. The fraction of sp³-hybridized carbons (Fsp3) is 0.455. The summed E-state index contributed by atoms with van der Waals surface area (Å²) in [5.41, 5.74) is 0.367. The number of nitrogens with one attached hydrogen (secondary N) is 1. The number of carbonyl (C=O) groups excluding carboxylic acids is 1. The normalized spacial score (nSPS) is 10.1. The van der Waals surface area contributed by atoms with Crippen molar-refractivity contribution in [3.8, 4) is 5.75 Å². The Balaban J connectivity index is 2.30. The molecule has 0 radical (unpaired) electrons. The second-order valence-corrected chi connectivity index (χ2v) is 3.39. The molecule has 0 atom stereocenters. The van der Waals surface area contributed by atoms with E-state index in [-0.39, 0.29) is 11.7 Å². The first-order valence-corrected chi connectivity index (χ1v) is 5.15. The summed E-state index contributed by atoms with van der Waals surface area (Å²) in [4.78, 5) is 15.3. The minimum Gasteiger partial charge on any atom is -0.506 e. The molecule has 1 amide bonds. The summed E-state index contributed by atoms with van der Waals surface area (Å²) in [5, 5.41) is 11.9. The number of carbonyl (C=O) groups is 1. The highest BCUT2D eigenvalue weighted by molar-refractivity contribution is 5.94. The molecule has 2 N–H and O–H groups in total. The van der Waals surface area contributed by atoms with E-state index in [1.165, 1.54) is 18.5 Å². The van der Waals surface area contributed by atoms with Crippen molar-refractivity contribution in [2.75, 3.05) is 20.3 Å². The van der Waals surface area contributed by atoms with Crippen molar-refractivity contribution in [1.82, 2.24) is 10.3 Å². The predicted octanol–water partition coefficient (Wildman–Crippen LogP) is 0.944. The number of pyridine rings is 1. The monoisotopic (exact) mass is 224 g/mol. The third kappa shape index (κ3) is 4.27. The van der Waals surface area contributed by atoms with Crippen molar-refractivity contribution in [2.24, 2.45) is 0 Å². The molecule has 0 unspecified atom stereocenters. The van der Waals surface area contributed by atoms with Crippen molar-refractivity contribution in [2.45, 2.75) is 12.8 Å². The van der Waals surface area contributed by atoms with Gasteiger partial charge in [-0.15, -0.1) is 0 Å². The quantitative estimate of drug-likeness (QED) is 0.705. The molecule has 16 heavy (non-hydrogen) atoms. The minimum atomic E-state index is -0.221. The van der Waals surface area contributed by atoms with Gasteiger partial charge in [-0.1, -0.05) is 0 Å². The van der Waals surface area contributed by atoms with Crippen LogP contribution in [-0.4, -0.2) is 36.3 Å². The molecule has 1 rings (SSSR count). The summed E-state index contributed by atoms with van der Waals surface area (Å²) >= 11 is 0. The van der Waals surface area contributed by atoms with Gasteiger partial charge in [0.05, 0.1) is 11.8 Å². The first kappa shape index (κ1) is 12.4. The second kappa shape index (κ2) is 6.79. The van der Waals surface area contributed by atoms with Gasteiger partial charge in [0.1, 0.15) is 5.75 Å². The van der Waals surface area contributed by atoms with Crippen LogP contribution < -0.4 is 5.32 Å². The number of hydrogen-bond acceptors (Lipinski definition) is 4. The standard InChI is InChI=1S/C11H16N2O3/c1-16-5-3-2-4-13-11(15)9-6-10(14)8-12-7-9/h6-8,14H,2-5H2,1H3,(H,13,15). The molecule has 0 aliphatic rings. The number of aromatic nitrogens is 1. The van der Waals surface area contributed by atoms with Crippen LogP contribution in [0.5, 0.6) is 5.75 Å². The number of amides is 1. The molecular weight excluding hydrogens is 208 g/mol. The number of unbranched alkanes of at least 4 members (excludes halogenated alkanes) is 1. The summed E-state index contributed by atoms with van der Waals surface area (Å²) in [6.07, 6.45) is 4.49. The molecule has 0 bridgehead atoms. The molecule has 1 aromatic heterocycles. The summed E-state index contributed by atoms with van der Waals surface area (Å²) in [7, 11) is 1.65. The van der Waals surface area contributed by atoms with Crippen LogP contribution in [0.15, 0.2) is 18.5 Å². The zero-order valence-electron chi connectivity index (χ0n) is 9.27. The Labute approximate surface area is 94.5 Å². The number of nitrogens with zero attached hydrogens (tertiary/aromatic N) is 1. The molecule has 5 heteroatoms. The first-order chi connectivity index (χ1) is 7.74. The maximum atomic E-state index is 11.5. The fourth-order valence-corrected chi connectivity index (χ4v) is 1.23. The summed E-state index contributed by atoms with van der Waals surface area (Å²) in [6.45, 7) is 1.29. The molecule has 0 saturated heterocycles. The van der Waals surface area contributed by atoms with E-state index >= 15 is 0 Å². The van der Waals surface area contributed by atoms with Crippen LogP contribution in [0, 0.1) is 0 Å². The molecule has 0 aliphatic carbocycles. The van der Waals surface area contributed by atoms with Crippen LogP contribution in [-0.2, 0) is 4.74 Å². The second-order valence-electron chi connectivity index (χ2n) is 3.39. The van der Waals surface area contributed by atoms with Crippen molar-refractivity contribution in [1.29, 1.82) is 0 Å². The summed E-state index contributed by atoms with van der Waals surface area (Å²) in [5.74, 6) is -0.229. The summed E-state index contributed by atoms with van der Waals surface area (Å²) in [6, 6.07) is 1.39. The largest absolute Gasteiger partial charge is 0.506 e. The van der Waals surface area contributed by atoms with Crippen molar-refractivity contribution < 1.29 is 14.6 Å². The Morgan fingerprint density at radius 1 is 1.50 bits per heavy atom. The van der Waals surface area contributed by atoms with E-state index in [4.69, 9.17) is 9.84 Å². The van der Waals surface area contributed by atoms with E-state index in [0.29, 0.717) is 18.7 Å². The van der Waals surface area contributed by atoms with Crippen LogP contribution >= 0.6 is 0 Å². The first-order valence-electron chi connectivity index (χ1n) is 5.15. The average molecular weight is 224 g/mol. The highest BCUT2D eigenvalue weighted by Gasteiger charge is 2.05. The molecule has 0 fully saturated rings. The van der Waals surface area contributed by atoms with Crippen LogP contribution in [0.25, 0.3) is 0 Å². The van der Waals surface area contributed by atoms with Crippen LogP contribution in [0.4, 0.5) is 0 Å². The lowest BCUT2D eigenvalue weighted by Crippen LogP contribution is -2.24. The van der Waals surface area contributed by atoms with Crippen molar-refractivity contribution >= 4 is 5.91 Å². The molecule has 0 spiro atoms. The van der Waals surface area contributed by atoms with E-state index < -0.39 is 0 Å². The minimum absolute atomic E-state index is 0.00738. The molecule has 0 aliphatic heterocycles. The number of hydrogen-bond donors (Lipinski definition) is 2. The van der Waals surface area contributed by atoms with Gasteiger partial charge in [-0.05, 0) is 18.9 Å². The lowest BCUT2D eigenvalue weighted by molar-refractivity contribution is 0.0950. The molecule has 1 heterocycles. The molecule has 1 aromatic rings. The number of methoxy groups -OCH3 is 1. The molecule has 88 valence electrons. The zero-order chi connectivity index (χ0) is 11.8. The topological polar surface area (TPSA) is 71.5 Å².